The zero-order chi connectivity index (χ0) is 27.3. The first-order valence-electron chi connectivity index (χ1n) is 12.2. The van der Waals surface area contributed by atoms with Gasteiger partial charge in [-0.2, -0.15) is 0 Å². The van der Waals surface area contributed by atoms with Crippen LogP contribution in [0.5, 0.6) is 0 Å². The number of aromatic carboxylic acids is 1. The Kier molecular flexibility index (Phi) is 5.71. The zero-order valence-electron chi connectivity index (χ0n) is 20.8. The summed E-state index contributed by atoms with van der Waals surface area (Å²) in [6.45, 7) is 1.97. The van der Waals surface area contributed by atoms with E-state index in [4.69, 9.17) is 10.2 Å². The fraction of sp³-hybridized carbons (Fsp3) is 0.185. The number of nitrogens with two attached hydrogens (primary N) is 1. The van der Waals surface area contributed by atoms with Gasteiger partial charge < -0.3 is 25.9 Å². The Bertz CT molecular complexity index is 1810. The fourth-order valence-corrected chi connectivity index (χ4v) is 4.87. The number of aromatic nitrogens is 4. The summed E-state index contributed by atoms with van der Waals surface area (Å²) < 4.78 is 6.79. The Labute approximate surface area is 220 Å². The molecule has 0 unspecified atom stereocenters. The van der Waals surface area contributed by atoms with Gasteiger partial charge in [-0.1, -0.05) is 12.1 Å². The van der Waals surface area contributed by atoms with Gasteiger partial charge in [-0.3, -0.25) is 9.59 Å². The number of carboxylic acids is 1. The summed E-state index contributed by atoms with van der Waals surface area (Å²) in [4.78, 5) is 46.4. The Morgan fingerprint density at radius 2 is 1.95 bits per heavy atom. The number of carbonyl (C=O) groups is 3. The third kappa shape index (κ3) is 4.52. The van der Waals surface area contributed by atoms with Gasteiger partial charge in [0.25, 0.3) is 11.8 Å². The largest absolute Gasteiger partial charge is 0.478 e. The summed E-state index contributed by atoms with van der Waals surface area (Å²) in [7, 11) is 0. The van der Waals surface area contributed by atoms with Gasteiger partial charge in [-0.25, -0.2) is 19.3 Å². The number of carboxylic acid groups (broad SMARTS) is 1. The zero-order valence-corrected chi connectivity index (χ0v) is 20.8. The number of hydrogen-bond acceptors (Lipinski definition) is 8. The molecule has 0 saturated carbocycles. The molecule has 0 bridgehead atoms. The van der Waals surface area contributed by atoms with Gasteiger partial charge in [-0.15, -0.1) is 5.10 Å². The Balaban J connectivity index is 1.24. The number of benzene rings is 2. The van der Waals surface area contributed by atoms with Crippen molar-refractivity contribution < 1.29 is 23.9 Å². The normalized spacial score (nSPS) is 14.4. The smallest absolute Gasteiger partial charge is 0.335 e. The predicted octanol–water partition coefficient (Wildman–Crippen LogP) is 2.81. The van der Waals surface area contributed by atoms with Crippen LogP contribution in [-0.4, -0.2) is 42.5 Å². The number of fused-ring (bicyclic) bond motifs is 3. The maximum atomic E-state index is 13.2. The lowest BCUT2D eigenvalue weighted by Crippen LogP contribution is -2.30. The molecule has 3 aromatic heterocycles. The van der Waals surface area contributed by atoms with E-state index in [0.29, 0.717) is 29.8 Å². The highest BCUT2D eigenvalue weighted by molar-refractivity contribution is 5.98. The highest BCUT2D eigenvalue weighted by Crippen LogP contribution is 2.32. The lowest BCUT2D eigenvalue weighted by atomic mass is 10.0. The summed E-state index contributed by atoms with van der Waals surface area (Å²) in [5.74, 6) is -1.23. The van der Waals surface area contributed by atoms with Crippen molar-refractivity contribution in [3.63, 3.8) is 0 Å². The highest BCUT2D eigenvalue weighted by atomic mass is 16.4. The third-order valence-corrected chi connectivity index (χ3v) is 6.70. The van der Waals surface area contributed by atoms with Crippen LogP contribution >= 0.6 is 0 Å². The summed E-state index contributed by atoms with van der Waals surface area (Å²) >= 11 is 0. The number of aryl methyl sites for hydroxylation is 2. The highest BCUT2D eigenvalue weighted by Gasteiger charge is 2.27. The first-order chi connectivity index (χ1) is 18.7. The molecule has 1 atom stereocenters. The predicted molar refractivity (Wildman–Crippen MR) is 139 cm³/mol. The van der Waals surface area contributed by atoms with Crippen LogP contribution in [0.2, 0.25) is 0 Å². The maximum Gasteiger partial charge on any atom is 0.335 e. The lowest BCUT2D eigenvalue weighted by Gasteiger charge is -2.15. The molecule has 6 rings (SSSR count). The molecular weight excluding hydrogens is 502 g/mol. The van der Waals surface area contributed by atoms with E-state index in [0.717, 1.165) is 16.7 Å². The molecule has 12 nitrogen and oxygen atoms in total. The minimum absolute atomic E-state index is 0.0302. The molecular formula is C27H23N7O5. The van der Waals surface area contributed by atoms with Crippen LogP contribution in [0.15, 0.2) is 52.9 Å². The van der Waals surface area contributed by atoms with Gasteiger partial charge in [-0.05, 0) is 53.8 Å². The van der Waals surface area contributed by atoms with Gasteiger partial charge >= 0.3 is 5.97 Å². The first kappa shape index (κ1) is 24.1. The first-order valence-corrected chi connectivity index (χ1v) is 12.2. The number of oxazole rings is 1. The van der Waals surface area contributed by atoms with Crippen molar-refractivity contribution in [2.45, 2.75) is 32.4 Å². The molecule has 3 heterocycles. The van der Waals surface area contributed by atoms with Gasteiger partial charge in [0.1, 0.15) is 22.7 Å². The van der Waals surface area contributed by atoms with Crippen molar-refractivity contribution in [1.29, 1.82) is 0 Å². The monoisotopic (exact) mass is 525 g/mol. The van der Waals surface area contributed by atoms with Crippen molar-refractivity contribution in [2.75, 3.05) is 5.73 Å². The number of nitrogens with zero attached hydrogens (tertiary/aromatic N) is 4. The molecule has 0 saturated heterocycles. The van der Waals surface area contributed by atoms with E-state index in [9.17, 15) is 19.5 Å². The molecule has 2 amide bonds. The standard InChI is InChI=1S/C27H23N7O5/c1-13-30-19-8-14(2-7-22(19)39-13)12-29-26(36)21-10-20(31-24-11-23(28)33-34(21)24)25(35)32-18-6-4-15-9-16(27(37)38)3-5-17(15)18/h2-3,5,7-11,18H,4,6,12H2,1H3,(H2,28,33)(H,29,36)(H,32,35)(H,37,38)/t18-/m0/s1. The van der Waals surface area contributed by atoms with Crippen LogP contribution in [-0.2, 0) is 13.0 Å². The van der Waals surface area contributed by atoms with Gasteiger partial charge in [0.05, 0.1) is 11.6 Å². The van der Waals surface area contributed by atoms with Crippen molar-refractivity contribution in [3.8, 4) is 0 Å². The molecule has 0 spiro atoms. The fourth-order valence-electron chi connectivity index (χ4n) is 4.87. The van der Waals surface area contributed by atoms with E-state index < -0.39 is 17.8 Å². The molecule has 0 fully saturated rings. The molecule has 5 aromatic rings. The third-order valence-electron chi connectivity index (χ3n) is 6.70. The van der Waals surface area contributed by atoms with E-state index in [2.05, 4.69) is 25.7 Å². The van der Waals surface area contributed by atoms with E-state index in [1.165, 1.54) is 22.7 Å². The molecule has 39 heavy (non-hydrogen) atoms. The number of rotatable bonds is 6. The second-order valence-corrected chi connectivity index (χ2v) is 9.37. The molecule has 2 aromatic carbocycles. The van der Waals surface area contributed by atoms with Crippen molar-refractivity contribution in [3.05, 3.63) is 88.1 Å². The molecule has 1 aliphatic carbocycles. The molecule has 196 valence electrons. The summed E-state index contributed by atoms with van der Waals surface area (Å²) in [5.41, 5.74) is 10.4. The number of carbonyl (C=O) groups excluding carboxylic acids is 2. The molecule has 0 radical (unpaired) electrons. The van der Waals surface area contributed by atoms with Crippen molar-refractivity contribution >= 4 is 40.3 Å². The maximum absolute atomic E-state index is 13.2. The number of nitrogens with one attached hydrogen (secondary N) is 2. The average molecular weight is 526 g/mol. The van der Waals surface area contributed by atoms with E-state index >= 15 is 0 Å². The second-order valence-electron chi connectivity index (χ2n) is 9.37. The van der Waals surface area contributed by atoms with E-state index in [1.54, 1.807) is 25.1 Å². The number of anilines is 1. The quantitative estimate of drug-likeness (QED) is 0.259. The molecule has 5 N–H and O–H groups in total. The van der Waals surface area contributed by atoms with Crippen LogP contribution in [0.25, 0.3) is 16.7 Å². The molecule has 12 heteroatoms. The molecule has 0 aliphatic heterocycles. The minimum atomic E-state index is -0.998. The van der Waals surface area contributed by atoms with E-state index in [-0.39, 0.29) is 41.0 Å². The van der Waals surface area contributed by atoms with Crippen LogP contribution in [0.1, 0.15) is 66.4 Å². The minimum Gasteiger partial charge on any atom is -0.478 e. The summed E-state index contributed by atoms with van der Waals surface area (Å²) in [6, 6.07) is 12.9. The van der Waals surface area contributed by atoms with Gasteiger partial charge in [0.15, 0.2) is 17.1 Å². The van der Waals surface area contributed by atoms with Crippen molar-refractivity contribution in [1.82, 2.24) is 30.2 Å². The Hall–Kier alpha value is -5.26. The number of amides is 2. The number of hydrogen-bond donors (Lipinski definition) is 4. The Morgan fingerprint density at radius 3 is 2.77 bits per heavy atom. The lowest BCUT2D eigenvalue weighted by molar-refractivity contribution is 0.0696. The summed E-state index contributed by atoms with van der Waals surface area (Å²) in [6.07, 6.45) is 1.26. The topological polar surface area (TPSA) is 178 Å². The van der Waals surface area contributed by atoms with Crippen LogP contribution in [0.3, 0.4) is 0 Å². The van der Waals surface area contributed by atoms with E-state index in [1.807, 2.05) is 12.1 Å². The van der Waals surface area contributed by atoms with Crippen molar-refractivity contribution in [2.24, 2.45) is 0 Å². The van der Waals surface area contributed by atoms with Gasteiger partial charge in [0, 0.05) is 25.6 Å². The summed E-state index contributed by atoms with van der Waals surface area (Å²) in [5, 5.41) is 19.2. The van der Waals surface area contributed by atoms with Crippen LogP contribution in [0, 0.1) is 6.92 Å². The molecule has 1 aliphatic rings. The Morgan fingerprint density at radius 1 is 1.10 bits per heavy atom. The SMILES string of the molecule is Cc1nc2cc(CNC(=O)c3cc(C(=O)N[C@H]4CCc5cc(C(=O)O)ccc54)nc4cc(N)nn34)ccc2o1. The van der Waals surface area contributed by atoms with Crippen LogP contribution < -0.4 is 16.4 Å². The van der Waals surface area contributed by atoms with Gasteiger partial charge in [0.2, 0.25) is 0 Å². The second kappa shape index (κ2) is 9.24. The average Bonchev–Trinajstić information content (AvgIpc) is 3.60. The number of nitrogen functional groups attached to an aromatic ring is 1. The van der Waals surface area contributed by atoms with Crippen LogP contribution in [0.4, 0.5) is 5.82 Å².